The fourth-order valence-electron chi connectivity index (χ4n) is 7.66. The summed E-state index contributed by atoms with van der Waals surface area (Å²) in [7, 11) is 0. The monoisotopic (exact) mass is 831 g/mol. The van der Waals surface area contributed by atoms with Gasteiger partial charge in [-0.05, 0) is 112 Å². The highest BCUT2D eigenvalue weighted by atomic mass is 16.6. The van der Waals surface area contributed by atoms with E-state index in [4.69, 9.17) is 4.74 Å². The zero-order valence-corrected chi connectivity index (χ0v) is 37.7. The first-order valence-electron chi connectivity index (χ1n) is 21.8. The van der Waals surface area contributed by atoms with Gasteiger partial charge in [-0.25, -0.2) is 4.79 Å². The molecule has 1 aromatic carbocycles. The summed E-state index contributed by atoms with van der Waals surface area (Å²) in [6.45, 7) is 18.6. The first kappa shape index (κ1) is 49.5. The summed E-state index contributed by atoms with van der Waals surface area (Å²) in [5.74, 6) is -1.57. The number of ketones is 3. The second kappa shape index (κ2) is 23.2. The molecule has 1 fully saturated rings. The van der Waals surface area contributed by atoms with Crippen molar-refractivity contribution in [1.29, 1.82) is 0 Å². The maximum absolute atomic E-state index is 14.4. The molecule has 0 bridgehead atoms. The first-order chi connectivity index (χ1) is 28.2. The fourth-order valence-corrected chi connectivity index (χ4v) is 7.66. The molecule has 0 spiro atoms. The molecule has 0 aromatic heterocycles. The number of amides is 4. The number of ether oxygens (including phenoxy) is 1. The lowest BCUT2D eigenvalue weighted by Gasteiger charge is -2.29. The van der Waals surface area contributed by atoms with Crippen LogP contribution >= 0.6 is 0 Å². The van der Waals surface area contributed by atoms with E-state index in [0.717, 1.165) is 5.56 Å². The van der Waals surface area contributed by atoms with Crippen molar-refractivity contribution in [3.8, 4) is 0 Å². The molecule has 4 atom stereocenters. The van der Waals surface area contributed by atoms with Crippen LogP contribution in [0.1, 0.15) is 139 Å². The summed E-state index contributed by atoms with van der Waals surface area (Å²) in [5.41, 5.74) is 2.01. The number of unbranched alkanes of at least 4 members (excludes halogenated alkanes) is 2. The van der Waals surface area contributed by atoms with Crippen LogP contribution in [0.5, 0.6) is 0 Å². The molecular formula is C48H70N4O8. The lowest BCUT2D eigenvalue weighted by molar-refractivity contribution is -0.141. The van der Waals surface area contributed by atoms with Crippen LogP contribution in [0.4, 0.5) is 4.79 Å². The van der Waals surface area contributed by atoms with Gasteiger partial charge in [-0.15, -0.1) is 0 Å². The van der Waals surface area contributed by atoms with Gasteiger partial charge >= 0.3 is 6.09 Å². The van der Waals surface area contributed by atoms with Gasteiger partial charge < -0.3 is 25.6 Å². The van der Waals surface area contributed by atoms with E-state index in [9.17, 15) is 33.6 Å². The first-order valence-corrected chi connectivity index (χ1v) is 21.8. The molecule has 1 heterocycles. The van der Waals surface area contributed by atoms with Crippen molar-refractivity contribution >= 4 is 41.2 Å². The van der Waals surface area contributed by atoms with E-state index < -0.39 is 29.7 Å². The number of hydrogen-bond donors (Lipinski definition) is 3. The van der Waals surface area contributed by atoms with Gasteiger partial charge in [-0.3, -0.25) is 28.8 Å². The molecule has 330 valence electrons. The summed E-state index contributed by atoms with van der Waals surface area (Å²) in [6, 6.07) is 7.56. The van der Waals surface area contributed by atoms with E-state index in [1.165, 1.54) is 0 Å². The minimum Gasteiger partial charge on any atom is -0.444 e. The number of carbonyl (C=O) groups is 7. The van der Waals surface area contributed by atoms with E-state index in [0.29, 0.717) is 86.6 Å². The molecule has 12 nitrogen and oxygen atoms in total. The van der Waals surface area contributed by atoms with Gasteiger partial charge in [0, 0.05) is 47.7 Å². The fraction of sp³-hybridized carbons (Fsp3) is 0.604. The second-order valence-corrected chi connectivity index (χ2v) is 18.1. The third kappa shape index (κ3) is 15.6. The van der Waals surface area contributed by atoms with Gasteiger partial charge in [0.05, 0.1) is 12.0 Å². The number of allylic oxidation sites excluding steroid dienone is 4. The lowest BCUT2D eigenvalue weighted by atomic mass is 9.83. The molecule has 0 saturated carbocycles. The van der Waals surface area contributed by atoms with Gasteiger partial charge in [0.1, 0.15) is 23.5 Å². The Morgan fingerprint density at radius 2 is 1.50 bits per heavy atom. The lowest BCUT2D eigenvalue weighted by Crippen LogP contribution is -2.54. The molecule has 3 N–H and O–H groups in total. The van der Waals surface area contributed by atoms with Gasteiger partial charge in [-0.2, -0.15) is 0 Å². The summed E-state index contributed by atoms with van der Waals surface area (Å²) in [5, 5.41) is 8.82. The molecule has 3 rings (SSSR count). The van der Waals surface area contributed by atoms with Crippen LogP contribution < -0.4 is 16.0 Å². The zero-order chi connectivity index (χ0) is 44.7. The molecule has 4 amide bonds. The van der Waals surface area contributed by atoms with Crippen LogP contribution in [-0.4, -0.2) is 82.4 Å². The highest BCUT2D eigenvalue weighted by molar-refractivity contribution is 6.24. The Labute approximate surface area is 357 Å². The largest absolute Gasteiger partial charge is 0.444 e. The Hall–Kier alpha value is -4.87. The maximum atomic E-state index is 14.4. The van der Waals surface area contributed by atoms with Gasteiger partial charge in [0.15, 0.2) is 11.6 Å². The van der Waals surface area contributed by atoms with Crippen molar-refractivity contribution in [3.05, 3.63) is 70.3 Å². The highest BCUT2D eigenvalue weighted by Crippen LogP contribution is 2.28. The Morgan fingerprint density at radius 1 is 0.833 bits per heavy atom. The molecular weight excluding hydrogens is 761 g/mol. The van der Waals surface area contributed by atoms with Crippen molar-refractivity contribution in [2.24, 2.45) is 11.8 Å². The summed E-state index contributed by atoms with van der Waals surface area (Å²) < 4.78 is 5.51. The predicted octanol–water partition coefficient (Wildman–Crippen LogP) is 7.45. The third-order valence-corrected chi connectivity index (χ3v) is 10.9. The number of alkyl carbamates (subject to hydrolysis) is 1. The molecule has 12 heteroatoms. The number of hydrogen-bond acceptors (Lipinski definition) is 8. The number of Topliss-reactive ketones (excluding diaryl/α,β-unsaturated/α-hetero) is 3. The Kier molecular flexibility index (Phi) is 19.1. The van der Waals surface area contributed by atoms with Crippen LogP contribution in [0.15, 0.2) is 64.8 Å². The summed E-state index contributed by atoms with van der Waals surface area (Å²) in [6.07, 6.45) is 8.17. The summed E-state index contributed by atoms with van der Waals surface area (Å²) in [4.78, 5) is 94.2. The summed E-state index contributed by atoms with van der Waals surface area (Å²) >= 11 is 0. The quantitative estimate of drug-likeness (QED) is 0.0653. The number of nitrogens with zero attached hydrogens (tertiary/aromatic N) is 1. The minimum absolute atomic E-state index is 0.00281. The molecule has 1 aliphatic carbocycles. The maximum Gasteiger partial charge on any atom is 0.408 e. The van der Waals surface area contributed by atoms with E-state index >= 15 is 0 Å². The van der Waals surface area contributed by atoms with Crippen LogP contribution in [0, 0.1) is 11.8 Å². The number of rotatable bonds is 21. The average molecular weight is 831 g/mol. The molecule has 60 heavy (non-hydrogen) atoms. The molecule has 2 aliphatic rings. The third-order valence-electron chi connectivity index (χ3n) is 10.9. The number of benzene rings is 1. The van der Waals surface area contributed by atoms with Crippen molar-refractivity contribution < 1.29 is 38.3 Å². The van der Waals surface area contributed by atoms with Crippen molar-refractivity contribution in [2.75, 3.05) is 6.54 Å². The van der Waals surface area contributed by atoms with E-state index in [1.807, 2.05) is 56.3 Å². The number of likely N-dealkylation sites (tertiary alicyclic amines) is 1. The van der Waals surface area contributed by atoms with Gasteiger partial charge in [0.25, 0.3) is 0 Å². The molecule has 1 aromatic rings. The molecule has 1 saturated heterocycles. The van der Waals surface area contributed by atoms with E-state index in [1.54, 1.807) is 46.4 Å². The SMILES string of the molecule is CC1=C(C)C(=O)C(CCC(=O)CCCCC[C@H](NC(=O)[C@@H]2CCCN2C(=O)[C@H](/C=C/[C@H](CC(C)C)NC(=O)OC(C)(C)C)Cc2ccccc2)C(=O)NC(C)C)=C(C)C1=O. The minimum atomic E-state index is -0.826. The molecule has 0 unspecified atom stereocenters. The average Bonchev–Trinajstić information content (AvgIpc) is 3.66. The number of nitrogens with one attached hydrogen (secondary N) is 3. The normalized spacial score (nSPS) is 17.7. The van der Waals surface area contributed by atoms with E-state index in [2.05, 4.69) is 29.8 Å². The highest BCUT2D eigenvalue weighted by Gasteiger charge is 2.38. The number of carbonyl (C=O) groups excluding carboxylic acids is 7. The smallest absolute Gasteiger partial charge is 0.408 e. The van der Waals surface area contributed by atoms with Crippen LogP contribution in [0.25, 0.3) is 0 Å². The van der Waals surface area contributed by atoms with Gasteiger partial charge in [-0.1, -0.05) is 69.2 Å². The molecule has 1 aliphatic heterocycles. The van der Waals surface area contributed by atoms with E-state index in [-0.39, 0.29) is 65.9 Å². The zero-order valence-electron chi connectivity index (χ0n) is 37.7. The second-order valence-electron chi connectivity index (χ2n) is 18.1. The van der Waals surface area contributed by atoms with Crippen molar-refractivity contribution in [1.82, 2.24) is 20.9 Å². The topological polar surface area (TPSA) is 168 Å². The Bertz CT molecular complexity index is 1800. The standard InChI is InChI=1S/C48H70N4O8/c1-30(2)28-37(50-47(59)60-48(8,9)10)24-23-36(29-35-18-13-11-14-19-35)46(58)52-27-17-22-41(52)45(57)51-40(44(56)49-31(3)4)21-16-12-15-20-38(53)25-26-39-34(7)42(54)32(5)33(6)43(39)55/h11,13-14,18-19,23-24,30-31,36-37,40-41H,12,15-17,20-22,25-29H2,1-10H3,(H,49,56)(H,50,59)(H,51,57)/b24-23+/t36-,37-,40+,41+/m1/s1. The molecule has 0 radical (unpaired) electrons. The Balaban J connectivity index is 1.67. The van der Waals surface area contributed by atoms with Gasteiger partial charge in [0.2, 0.25) is 17.7 Å². The van der Waals surface area contributed by atoms with Crippen molar-refractivity contribution in [3.63, 3.8) is 0 Å². The van der Waals surface area contributed by atoms with Crippen molar-refractivity contribution in [2.45, 2.75) is 170 Å². The van der Waals surface area contributed by atoms with Crippen LogP contribution in [-0.2, 0) is 39.9 Å². The predicted molar refractivity (Wildman–Crippen MR) is 234 cm³/mol. The van der Waals surface area contributed by atoms with Crippen LogP contribution in [0.2, 0.25) is 0 Å². The Morgan fingerprint density at radius 3 is 2.13 bits per heavy atom. The van der Waals surface area contributed by atoms with Crippen LogP contribution in [0.3, 0.4) is 0 Å².